The fraction of sp³-hybridized carbons (Fsp3) is 0.385. The van der Waals surface area contributed by atoms with Crippen LogP contribution in [0.5, 0.6) is 5.75 Å². The van der Waals surface area contributed by atoms with Gasteiger partial charge in [-0.05, 0) is 79.9 Å². The van der Waals surface area contributed by atoms with Crippen LogP contribution >= 0.6 is 0 Å². The van der Waals surface area contributed by atoms with E-state index in [4.69, 9.17) is 9.15 Å². The molecule has 0 amide bonds. The van der Waals surface area contributed by atoms with Crippen molar-refractivity contribution >= 4 is 9.84 Å². The summed E-state index contributed by atoms with van der Waals surface area (Å²) in [6, 6.07) is 15.2. The van der Waals surface area contributed by atoms with E-state index in [2.05, 4.69) is 0 Å². The highest BCUT2D eigenvalue weighted by molar-refractivity contribution is 7.91. The van der Waals surface area contributed by atoms with E-state index in [9.17, 15) is 17.9 Å². The van der Waals surface area contributed by atoms with Gasteiger partial charge in [0.05, 0.1) is 18.1 Å². The summed E-state index contributed by atoms with van der Waals surface area (Å²) < 4.78 is 49.2. The second kappa shape index (κ2) is 10.3. The lowest BCUT2D eigenvalue weighted by molar-refractivity contribution is 0.0498. The number of sulfone groups is 1. The van der Waals surface area contributed by atoms with Crippen LogP contribution in [0.2, 0.25) is 0 Å². The number of rotatable bonds is 9. The number of halogens is 1. The van der Waals surface area contributed by atoms with Crippen LogP contribution in [-0.2, 0) is 16.4 Å². The summed E-state index contributed by atoms with van der Waals surface area (Å²) in [5.74, 6) is 1.82. The molecule has 4 rings (SSSR count). The van der Waals surface area contributed by atoms with E-state index < -0.39 is 15.9 Å². The zero-order valence-electron chi connectivity index (χ0n) is 19.4. The third-order valence-corrected chi connectivity index (χ3v) is 7.99. The number of aliphatic hydroxyl groups is 1. The minimum Gasteiger partial charge on any atom is -0.491 e. The average molecular weight is 488 g/mol. The van der Waals surface area contributed by atoms with Gasteiger partial charge in [0, 0.05) is 18.2 Å². The minimum absolute atomic E-state index is 0.0588. The zero-order valence-corrected chi connectivity index (χ0v) is 20.2. The Balaban J connectivity index is 1.44. The molecule has 0 radical (unpaired) electrons. The van der Waals surface area contributed by atoms with Crippen molar-refractivity contribution in [3.63, 3.8) is 0 Å². The van der Waals surface area contributed by atoms with Gasteiger partial charge >= 0.3 is 0 Å². The van der Waals surface area contributed by atoms with E-state index in [1.807, 2.05) is 49.1 Å². The zero-order chi connectivity index (χ0) is 24.3. The third-order valence-electron chi connectivity index (χ3n) is 6.24. The van der Waals surface area contributed by atoms with Crippen LogP contribution in [0.3, 0.4) is 0 Å². The molecule has 1 aliphatic heterocycles. The molecule has 8 heteroatoms. The molecule has 0 spiro atoms. The molecule has 1 aliphatic rings. The van der Waals surface area contributed by atoms with Gasteiger partial charge in [0.2, 0.25) is 0 Å². The highest BCUT2D eigenvalue weighted by Crippen LogP contribution is 2.26. The Morgan fingerprint density at radius 2 is 1.88 bits per heavy atom. The first kappa shape index (κ1) is 24.4. The largest absolute Gasteiger partial charge is 0.491 e. The van der Waals surface area contributed by atoms with Crippen molar-refractivity contribution < 1.29 is 27.1 Å². The predicted molar refractivity (Wildman–Crippen MR) is 129 cm³/mol. The molecule has 0 aliphatic carbocycles. The monoisotopic (exact) mass is 487 g/mol. The summed E-state index contributed by atoms with van der Waals surface area (Å²) in [7, 11) is -3.10. The molecule has 2 unspecified atom stereocenters. The first-order valence-electron chi connectivity index (χ1n) is 11.4. The third kappa shape index (κ3) is 6.25. The number of furan rings is 1. The second-order valence-corrected chi connectivity index (χ2v) is 11.2. The van der Waals surface area contributed by atoms with Crippen LogP contribution < -0.4 is 4.74 Å². The maximum Gasteiger partial charge on any atom is 0.151 e. The molecule has 2 heterocycles. The fourth-order valence-electron chi connectivity index (χ4n) is 4.16. The Kier molecular flexibility index (Phi) is 7.40. The molecule has 1 fully saturated rings. The summed E-state index contributed by atoms with van der Waals surface area (Å²) >= 11 is 0. The quantitative estimate of drug-likeness (QED) is 0.489. The van der Waals surface area contributed by atoms with Crippen molar-refractivity contribution in [2.75, 3.05) is 24.7 Å². The molecule has 6 nitrogen and oxygen atoms in total. The van der Waals surface area contributed by atoms with E-state index in [0.717, 1.165) is 11.1 Å². The molecule has 34 heavy (non-hydrogen) atoms. The standard InChI is InChI=1S/C26H30FNO5S/c1-18-3-8-24(13-19(18)2)32-16-23(29)14-28(22-11-12-34(30,31)17-22)15-25-9-10-26(33-25)20-4-6-21(27)7-5-20/h3-10,13,22-23,29H,11-12,14-17H2,1-2H3. The highest BCUT2D eigenvalue weighted by atomic mass is 32.2. The van der Waals surface area contributed by atoms with Crippen LogP contribution in [0.4, 0.5) is 4.39 Å². The normalized spacial score (nSPS) is 18.3. The van der Waals surface area contributed by atoms with E-state index in [1.54, 1.807) is 12.1 Å². The maximum absolute atomic E-state index is 13.2. The Bertz CT molecular complexity index is 1220. The number of aliphatic hydroxyl groups excluding tert-OH is 1. The van der Waals surface area contributed by atoms with Gasteiger partial charge in [-0.15, -0.1) is 0 Å². The fourth-order valence-corrected chi connectivity index (χ4v) is 5.92. The summed E-state index contributed by atoms with van der Waals surface area (Å²) in [6.45, 7) is 4.72. The smallest absolute Gasteiger partial charge is 0.151 e. The molecular weight excluding hydrogens is 457 g/mol. The topological polar surface area (TPSA) is 80.0 Å². The number of benzene rings is 2. The van der Waals surface area contributed by atoms with E-state index in [0.29, 0.717) is 30.2 Å². The van der Waals surface area contributed by atoms with Crippen molar-refractivity contribution in [1.82, 2.24) is 4.90 Å². The Morgan fingerprint density at radius 3 is 2.56 bits per heavy atom. The molecule has 0 bridgehead atoms. The van der Waals surface area contributed by atoms with Crippen LogP contribution in [0, 0.1) is 19.7 Å². The Morgan fingerprint density at radius 1 is 1.12 bits per heavy atom. The van der Waals surface area contributed by atoms with Crippen molar-refractivity contribution in [1.29, 1.82) is 0 Å². The Hall–Kier alpha value is -2.68. The van der Waals surface area contributed by atoms with Gasteiger partial charge in [0.1, 0.15) is 35.8 Å². The molecule has 1 saturated heterocycles. The van der Waals surface area contributed by atoms with Crippen molar-refractivity contribution in [2.24, 2.45) is 0 Å². The maximum atomic E-state index is 13.2. The summed E-state index contributed by atoms with van der Waals surface area (Å²) in [4.78, 5) is 1.95. The van der Waals surface area contributed by atoms with Gasteiger partial charge in [0.15, 0.2) is 9.84 Å². The van der Waals surface area contributed by atoms with Gasteiger partial charge in [0.25, 0.3) is 0 Å². The number of ether oxygens (including phenoxy) is 1. The molecule has 2 aromatic carbocycles. The van der Waals surface area contributed by atoms with Crippen LogP contribution in [0.15, 0.2) is 59.0 Å². The van der Waals surface area contributed by atoms with Crippen molar-refractivity contribution in [3.05, 3.63) is 77.3 Å². The first-order valence-corrected chi connectivity index (χ1v) is 13.2. The van der Waals surface area contributed by atoms with E-state index >= 15 is 0 Å². The van der Waals surface area contributed by atoms with Gasteiger partial charge < -0.3 is 14.3 Å². The summed E-state index contributed by atoms with van der Waals surface area (Å²) in [5.41, 5.74) is 3.03. The van der Waals surface area contributed by atoms with Crippen LogP contribution in [-0.4, -0.2) is 55.2 Å². The number of nitrogens with zero attached hydrogens (tertiary/aromatic N) is 1. The van der Waals surface area contributed by atoms with Gasteiger partial charge in [-0.3, -0.25) is 4.90 Å². The number of aryl methyl sites for hydroxylation is 2. The Labute approximate surface area is 199 Å². The molecule has 2 atom stereocenters. The van der Waals surface area contributed by atoms with Gasteiger partial charge in [-0.25, -0.2) is 12.8 Å². The molecule has 182 valence electrons. The first-order chi connectivity index (χ1) is 16.2. The molecule has 0 saturated carbocycles. The average Bonchev–Trinajstić information content (AvgIpc) is 3.40. The SMILES string of the molecule is Cc1ccc(OCC(O)CN(Cc2ccc(-c3ccc(F)cc3)o2)C2CCS(=O)(=O)C2)cc1C. The molecule has 1 aromatic heterocycles. The minimum atomic E-state index is -3.10. The second-order valence-electron chi connectivity index (χ2n) is 8.97. The van der Waals surface area contributed by atoms with Crippen molar-refractivity contribution in [3.8, 4) is 17.1 Å². The van der Waals surface area contributed by atoms with Crippen LogP contribution in [0.1, 0.15) is 23.3 Å². The molecular formula is C26H30FNO5S. The highest BCUT2D eigenvalue weighted by Gasteiger charge is 2.33. The van der Waals surface area contributed by atoms with Gasteiger partial charge in [-0.2, -0.15) is 0 Å². The predicted octanol–water partition coefficient (Wildman–Crippen LogP) is 4.13. The summed E-state index contributed by atoms with van der Waals surface area (Å²) in [5, 5.41) is 10.7. The van der Waals surface area contributed by atoms with E-state index in [-0.39, 0.29) is 36.5 Å². The van der Waals surface area contributed by atoms with Gasteiger partial charge in [-0.1, -0.05) is 6.07 Å². The molecule has 3 aromatic rings. The number of hydrogen-bond donors (Lipinski definition) is 1. The lowest BCUT2D eigenvalue weighted by Gasteiger charge is -2.29. The van der Waals surface area contributed by atoms with Crippen LogP contribution in [0.25, 0.3) is 11.3 Å². The van der Waals surface area contributed by atoms with Crippen molar-refractivity contribution in [2.45, 2.75) is 39.0 Å². The summed E-state index contributed by atoms with van der Waals surface area (Å²) in [6.07, 6.45) is -0.296. The van der Waals surface area contributed by atoms with E-state index in [1.165, 1.54) is 17.7 Å². The molecule has 1 N–H and O–H groups in total. The lowest BCUT2D eigenvalue weighted by Crippen LogP contribution is -2.42. The number of hydrogen-bond acceptors (Lipinski definition) is 6. The lowest BCUT2D eigenvalue weighted by atomic mass is 10.1.